The first-order valence-electron chi connectivity index (χ1n) is 6.54. The average Bonchev–Trinajstić information content (AvgIpc) is 3.14. The molecule has 0 saturated heterocycles. The highest BCUT2D eigenvalue weighted by atomic mass is 19.2. The zero-order chi connectivity index (χ0) is 19.3. The van der Waals surface area contributed by atoms with E-state index in [2.05, 4.69) is 4.98 Å². The van der Waals surface area contributed by atoms with Crippen LogP contribution in [0.3, 0.4) is 0 Å². The number of hydrogen-bond acceptors (Lipinski definition) is 1. The van der Waals surface area contributed by atoms with Gasteiger partial charge in [0.05, 0.1) is 17.5 Å². The van der Waals surface area contributed by atoms with Crippen molar-refractivity contribution in [3.05, 3.63) is 71.1 Å². The summed E-state index contributed by atoms with van der Waals surface area (Å²) in [6.07, 6.45) is 2.67. The predicted octanol–water partition coefficient (Wildman–Crippen LogP) is 4.79. The van der Waals surface area contributed by atoms with Crippen molar-refractivity contribution in [3.8, 4) is 16.8 Å². The Morgan fingerprint density at radius 3 is 1.31 bits per heavy atom. The fourth-order valence-corrected chi connectivity index (χ4v) is 2.28. The maximum atomic E-state index is 14.2. The number of imidazole rings is 1. The SMILES string of the molecule is Fc1c(F)c(F)c(-c2c(F)c(F)c(-n3ccnc3)c(F)c2F)c(F)c1F. The van der Waals surface area contributed by atoms with Crippen LogP contribution in [-0.2, 0) is 0 Å². The van der Waals surface area contributed by atoms with Crippen LogP contribution in [0.5, 0.6) is 0 Å². The van der Waals surface area contributed by atoms with E-state index in [4.69, 9.17) is 0 Å². The number of rotatable bonds is 2. The van der Waals surface area contributed by atoms with Gasteiger partial charge in [0.2, 0.25) is 5.82 Å². The summed E-state index contributed by atoms with van der Waals surface area (Å²) in [5.74, 6) is -21.9. The molecule has 0 atom stereocenters. The molecule has 1 aromatic heterocycles. The standard InChI is InChI=1S/C15H3F9N2/c16-6-4(7(17)11(21)12(22)10(6)20)5-8(18)13(23)15(14(24)9(5)19)26-2-1-25-3-26/h1-3H. The van der Waals surface area contributed by atoms with Gasteiger partial charge in [0.15, 0.2) is 46.5 Å². The molecular formula is C15H3F9N2. The number of halogens is 9. The highest BCUT2D eigenvalue weighted by molar-refractivity contribution is 5.69. The second-order valence-electron chi connectivity index (χ2n) is 4.89. The van der Waals surface area contributed by atoms with Crippen LogP contribution in [0.15, 0.2) is 18.7 Å². The summed E-state index contributed by atoms with van der Waals surface area (Å²) in [4.78, 5) is 3.41. The van der Waals surface area contributed by atoms with Gasteiger partial charge in [0, 0.05) is 12.4 Å². The van der Waals surface area contributed by atoms with Crippen molar-refractivity contribution in [3.63, 3.8) is 0 Å². The lowest BCUT2D eigenvalue weighted by Crippen LogP contribution is -2.11. The first kappa shape index (κ1) is 17.8. The van der Waals surface area contributed by atoms with Crippen molar-refractivity contribution in [2.45, 2.75) is 0 Å². The fourth-order valence-electron chi connectivity index (χ4n) is 2.28. The van der Waals surface area contributed by atoms with Gasteiger partial charge in [-0.05, 0) is 0 Å². The number of hydrogen-bond donors (Lipinski definition) is 0. The van der Waals surface area contributed by atoms with Gasteiger partial charge in [-0.2, -0.15) is 0 Å². The van der Waals surface area contributed by atoms with E-state index in [9.17, 15) is 39.5 Å². The molecule has 0 amide bonds. The van der Waals surface area contributed by atoms with Gasteiger partial charge in [0.1, 0.15) is 5.69 Å². The normalized spacial score (nSPS) is 11.3. The maximum absolute atomic E-state index is 14.2. The number of benzene rings is 2. The van der Waals surface area contributed by atoms with E-state index in [1.807, 2.05) is 0 Å². The Morgan fingerprint density at radius 1 is 0.538 bits per heavy atom. The minimum atomic E-state index is -2.61. The minimum Gasteiger partial charge on any atom is -0.301 e. The average molecular weight is 382 g/mol. The van der Waals surface area contributed by atoms with Gasteiger partial charge in [-0.1, -0.05) is 0 Å². The van der Waals surface area contributed by atoms with E-state index < -0.39 is 69.2 Å². The zero-order valence-electron chi connectivity index (χ0n) is 12.0. The van der Waals surface area contributed by atoms with Gasteiger partial charge < -0.3 is 4.57 Å². The van der Waals surface area contributed by atoms with Crippen LogP contribution in [0.4, 0.5) is 39.5 Å². The molecule has 0 N–H and O–H groups in total. The van der Waals surface area contributed by atoms with Crippen LogP contribution >= 0.6 is 0 Å². The largest absolute Gasteiger partial charge is 0.301 e. The molecule has 0 aliphatic rings. The van der Waals surface area contributed by atoms with Crippen LogP contribution < -0.4 is 0 Å². The van der Waals surface area contributed by atoms with E-state index in [0.29, 0.717) is 4.57 Å². The van der Waals surface area contributed by atoms with E-state index in [1.54, 1.807) is 0 Å². The predicted molar refractivity (Wildman–Crippen MR) is 68.6 cm³/mol. The molecule has 1 heterocycles. The Bertz CT molecular complexity index is 971. The molecular weight excluding hydrogens is 379 g/mol. The van der Waals surface area contributed by atoms with Gasteiger partial charge in [-0.25, -0.2) is 44.5 Å². The van der Waals surface area contributed by atoms with Crippen molar-refractivity contribution in [1.29, 1.82) is 0 Å². The molecule has 26 heavy (non-hydrogen) atoms. The van der Waals surface area contributed by atoms with Gasteiger partial charge in [-0.15, -0.1) is 0 Å². The lowest BCUT2D eigenvalue weighted by molar-refractivity contribution is 0.379. The van der Waals surface area contributed by atoms with Crippen molar-refractivity contribution < 1.29 is 39.5 Å². The Morgan fingerprint density at radius 2 is 0.923 bits per heavy atom. The molecule has 136 valence electrons. The molecule has 0 aliphatic heterocycles. The molecule has 0 spiro atoms. The van der Waals surface area contributed by atoms with Gasteiger partial charge in [-0.3, -0.25) is 0 Å². The molecule has 0 fully saturated rings. The summed E-state index contributed by atoms with van der Waals surface area (Å²) in [7, 11) is 0. The molecule has 0 saturated carbocycles. The topological polar surface area (TPSA) is 17.8 Å². The quantitative estimate of drug-likeness (QED) is 0.354. The first-order valence-corrected chi connectivity index (χ1v) is 6.54. The van der Waals surface area contributed by atoms with Crippen molar-refractivity contribution in [2.24, 2.45) is 0 Å². The highest BCUT2D eigenvalue weighted by Crippen LogP contribution is 2.38. The fraction of sp³-hybridized carbons (Fsp3) is 0. The second-order valence-corrected chi connectivity index (χ2v) is 4.89. The Kier molecular flexibility index (Phi) is 4.17. The summed E-state index contributed by atoms with van der Waals surface area (Å²) in [5.41, 5.74) is -5.53. The smallest absolute Gasteiger partial charge is 0.200 e. The van der Waals surface area contributed by atoms with E-state index in [-0.39, 0.29) is 0 Å². The van der Waals surface area contributed by atoms with Crippen molar-refractivity contribution >= 4 is 0 Å². The van der Waals surface area contributed by atoms with E-state index in [1.165, 1.54) is 0 Å². The van der Waals surface area contributed by atoms with Gasteiger partial charge in [0.25, 0.3) is 0 Å². The van der Waals surface area contributed by atoms with E-state index in [0.717, 1.165) is 18.7 Å². The molecule has 0 aliphatic carbocycles. The Hall–Kier alpha value is -2.98. The third-order valence-electron chi connectivity index (χ3n) is 3.46. The van der Waals surface area contributed by atoms with Crippen LogP contribution in [0, 0.1) is 52.4 Å². The second kappa shape index (κ2) is 6.07. The third kappa shape index (κ3) is 2.34. The summed E-state index contributed by atoms with van der Waals surface area (Å²) in [6, 6.07) is 0. The zero-order valence-corrected chi connectivity index (χ0v) is 12.0. The van der Waals surface area contributed by atoms with Crippen LogP contribution in [-0.4, -0.2) is 9.55 Å². The minimum absolute atomic E-state index is 0.513. The molecule has 0 radical (unpaired) electrons. The van der Waals surface area contributed by atoms with Crippen molar-refractivity contribution in [2.75, 3.05) is 0 Å². The summed E-state index contributed by atoms with van der Waals surface area (Å²) < 4.78 is 124. The lowest BCUT2D eigenvalue weighted by Gasteiger charge is -2.14. The third-order valence-corrected chi connectivity index (χ3v) is 3.46. The molecule has 2 nitrogen and oxygen atoms in total. The monoisotopic (exact) mass is 382 g/mol. The molecule has 0 bridgehead atoms. The van der Waals surface area contributed by atoms with Crippen molar-refractivity contribution in [1.82, 2.24) is 9.55 Å². The summed E-state index contributed by atoms with van der Waals surface area (Å²) >= 11 is 0. The highest BCUT2D eigenvalue weighted by Gasteiger charge is 2.34. The molecule has 11 heteroatoms. The Labute approximate surface area is 138 Å². The Balaban J connectivity index is 2.44. The number of aromatic nitrogens is 2. The van der Waals surface area contributed by atoms with Crippen LogP contribution in [0.1, 0.15) is 0 Å². The molecule has 3 aromatic rings. The molecule has 2 aromatic carbocycles. The summed E-state index contributed by atoms with van der Waals surface area (Å²) in [5, 5.41) is 0. The van der Waals surface area contributed by atoms with Crippen LogP contribution in [0.2, 0.25) is 0 Å². The molecule has 0 unspecified atom stereocenters. The summed E-state index contributed by atoms with van der Waals surface area (Å²) in [6.45, 7) is 0. The maximum Gasteiger partial charge on any atom is 0.200 e. The van der Waals surface area contributed by atoms with Gasteiger partial charge >= 0.3 is 0 Å². The number of nitrogens with zero attached hydrogens (tertiary/aromatic N) is 2. The first-order chi connectivity index (χ1) is 12.2. The molecule has 3 rings (SSSR count). The van der Waals surface area contributed by atoms with E-state index >= 15 is 0 Å². The van der Waals surface area contributed by atoms with Crippen LogP contribution in [0.25, 0.3) is 16.8 Å². The lowest BCUT2D eigenvalue weighted by atomic mass is 10.0.